The predicted octanol–water partition coefficient (Wildman–Crippen LogP) is 4.85. The lowest BCUT2D eigenvalue weighted by Gasteiger charge is -2.28. The molecule has 0 bridgehead atoms. The van der Waals surface area contributed by atoms with Gasteiger partial charge in [0.15, 0.2) is 0 Å². The number of benzene rings is 2. The zero-order chi connectivity index (χ0) is 21.4. The lowest BCUT2D eigenvalue weighted by atomic mass is 10.1. The summed E-state index contributed by atoms with van der Waals surface area (Å²) in [5.74, 6) is 0.951. The van der Waals surface area contributed by atoms with E-state index in [0.29, 0.717) is 18.8 Å². The minimum Gasteiger partial charge on any atom is -0.355 e. The van der Waals surface area contributed by atoms with Crippen LogP contribution in [0.2, 0.25) is 0 Å². The number of carbonyl (C=O) groups is 2. The molecular formula is C23H29BrN2O2S. The lowest BCUT2D eigenvalue weighted by Crippen LogP contribution is -2.48. The molecular weight excluding hydrogens is 448 g/mol. The second kappa shape index (κ2) is 11.4. The van der Waals surface area contributed by atoms with Crippen LogP contribution in [-0.4, -0.2) is 35.1 Å². The van der Waals surface area contributed by atoms with Crippen molar-refractivity contribution in [3.05, 3.63) is 69.2 Å². The summed E-state index contributed by atoms with van der Waals surface area (Å²) in [5, 5.41) is 2.82. The number of thioether (sulfide) groups is 1. The van der Waals surface area contributed by atoms with Gasteiger partial charge in [-0.15, -0.1) is 11.8 Å². The van der Waals surface area contributed by atoms with Crippen LogP contribution in [-0.2, 0) is 21.9 Å². The molecule has 4 nitrogen and oxygen atoms in total. The van der Waals surface area contributed by atoms with Crippen molar-refractivity contribution in [2.45, 2.75) is 46.0 Å². The van der Waals surface area contributed by atoms with Crippen molar-refractivity contribution in [3.8, 4) is 0 Å². The van der Waals surface area contributed by atoms with Crippen LogP contribution < -0.4 is 5.32 Å². The minimum atomic E-state index is -0.525. The summed E-state index contributed by atoms with van der Waals surface area (Å²) in [6.45, 7) is 8.78. The number of likely N-dealkylation sites (N-methyl/N-ethyl adjacent to an activating group) is 1. The van der Waals surface area contributed by atoms with Crippen molar-refractivity contribution >= 4 is 39.5 Å². The van der Waals surface area contributed by atoms with Gasteiger partial charge in [0.1, 0.15) is 6.04 Å². The SMILES string of the molecule is CCNC(=O)C(C)N(Cc1cccc(Br)c1)C(=O)CSCc1cc(C)cc(C)c1. The maximum Gasteiger partial charge on any atom is 0.242 e. The van der Waals surface area contributed by atoms with Gasteiger partial charge in [0.25, 0.3) is 0 Å². The highest BCUT2D eigenvalue weighted by atomic mass is 79.9. The molecule has 0 aliphatic rings. The monoisotopic (exact) mass is 476 g/mol. The van der Waals surface area contributed by atoms with Crippen LogP contribution in [0.3, 0.4) is 0 Å². The van der Waals surface area contributed by atoms with E-state index in [9.17, 15) is 9.59 Å². The Bertz CT molecular complexity index is 836. The number of nitrogens with zero attached hydrogens (tertiary/aromatic N) is 1. The largest absolute Gasteiger partial charge is 0.355 e. The molecule has 6 heteroatoms. The van der Waals surface area contributed by atoms with Gasteiger partial charge < -0.3 is 10.2 Å². The van der Waals surface area contributed by atoms with Gasteiger partial charge in [0.05, 0.1) is 5.75 Å². The first-order valence-electron chi connectivity index (χ1n) is 9.76. The summed E-state index contributed by atoms with van der Waals surface area (Å²) in [6.07, 6.45) is 0. The quantitative estimate of drug-likeness (QED) is 0.562. The summed E-state index contributed by atoms with van der Waals surface area (Å²) in [5.41, 5.74) is 4.67. The van der Waals surface area contributed by atoms with E-state index in [1.165, 1.54) is 16.7 Å². The summed E-state index contributed by atoms with van der Waals surface area (Å²) in [7, 11) is 0. The van der Waals surface area contributed by atoms with E-state index in [2.05, 4.69) is 53.3 Å². The molecule has 2 aromatic carbocycles. The fraction of sp³-hybridized carbons (Fsp3) is 0.391. The van der Waals surface area contributed by atoms with Crippen LogP contribution in [0, 0.1) is 13.8 Å². The van der Waals surface area contributed by atoms with E-state index in [1.54, 1.807) is 23.6 Å². The second-order valence-electron chi connectivity index (χ2n) is 7.21. The maximum absolute atomic E-state index is 13.0. The first-order valence-corrected chi connectivity index (χ1v) is 11.7. The molecule has 0 aliphatic heterocycles. The molecule has 0 saturated heterocycles. The molecule has 1 atom stereocenters. The van der Waals surface area contributed by atoms with Gasteiger partial charge >= 0.3 is 0 Å². The molecule has 0 fully saturated rings. The van der Waals surface area contributed by atoms with Crippen LogP contribution in [0.4, 0.5) is 0 Å². The average molecular weight is 477 g/mol. The van der Waals surface area contributed by atoms with Gasteiger partial charge in [-0.25, -0.2) is 0 Å². The molecule has 1 N–H and O–H groups in total. The third-order valence-corrected chi connectivity index (χ3v) is 6.02. The molecule has 2 amide bonds. The van der Waals surface area contributed by atoms with E-state index in [0.717, 1.165) is 15.8 Å². The first kappa shape index (κ1) is 23.5. The Balaban J connectivity index is 2.07. The predicted molar refractivity (Wildman–Crippen MR) is 125 cm³/mol. The number of halogens is 1. The van der Waals surface area contributed by atoms with Gasteiger partial charge in [0.2, 0.25) is 11.8 Å². The highest BCUT2D eigenvalue weighted by molar-refractivity contribution is 9.10. The number of hydrogen-bond acceptors (Lipinski definition) is 3. The molecule has 0 radical (unpaired) electrons. The molecule has 29 heavy (non-hydrogen) atoms. The number of nitrogens with one attached hydrogen (secondary N) is 1. The molecule has 0 saturated carbocycles. The van der Waals surface area contributed by atoms with Gasteiger partial charge in [-0.3, -0.25) is 9.59 Å². The summed E-state index contributed by atoms with van der Waals surface area (Å²) >= 11 is 5.06. The summed E-state index contributed by atoms with van der Waals surface area (Å²) in [4.78, 5) is 27.1. The van der Waals surface area contributed by atoms with E-state index in [-0.39, 0.29) is 11.8 Å². The van der Waals surface area contributed by atoms with Crippen LogP contribution >= 0.6 is 27.7 Å². The van der Waals surface area contributed by atoms with Crippen molar-refractivity contribution in [1.29, 1.82) is 0 Å². The van der Waals surface area contributed by atoms with Crippen LogP contribution in [0.5, 0.6) is 0 Å². The first-order chi connectivity index (χ1) is 13.8. The summed E-state index contributed by atoms with van der Waals surface area (Å²) < 4.78 is 0.956. The molecule has 2 aromatic rings. The molecule has 1 unspecified atom stereocenters. The Morgan fingerprint density at radius 2 is 1.79 bits per heavy atom. The molecule has 0 spiro atoms. The average Bonchev–Trinajstić information content (AvgIpc) is 2.65. The summed E-state index contributed by atoms with van der Waals surface area (Å²) in [6, 6.07) is 13.8. The fourth-order valence-electron chi connectivity index (χ4n) is 3.23. The maximum atomic E-state index is 13.0. The van der Waals surface area contributed by atoms with Crippen LogP contribution in [0.15, 0.2) is 46.9 Å². The van der Waals surface area contributed by atoms with Crippen molar-refractivity contribution < 1.29 is 9.59 Å². The molecule has 0 heterocycles. The molecule has 0 aliphatic carbocycles. The normalized spacial score (nSPS) is 11.8. The Morgan fingerprint density at radius 1 is 1.10 bits per heavy atom. The lowest BCUT2D eigenvalue weighted by molar-refractivity contribution is -0.138. The smallest absolute Gasteiger partial charge is 0.242 e. The highest BCUT2D eigenvalue weighted by Crippen LogP contribution is 2.19. The van der Waals surface area contributed by atoms with E-state index in [4.69, 9.17) is 0 Å². The molecule has 156 valence electrons. The number of aryl methyl sites for hydroxylation is 2. The van der Waals surface area contributed by atoms with Crippen LogP contribution in [0.25, 0.3) is 0 Å². The Labute approximate surface area is 186 Å². The van der Waals surface area contributed by atoms with Crippen LogP contribution in [0.1, 0.15) is 36.1 Å². The van der Waals surface area contributed by atoms with Gasteiger partial charge in [-0.1, -0.05) is 57.4 Å². The zero-order valence-electron chi connectivity index (χ0n) is 17.5. The zero-order valence-corrected chi connectivity index (χ0v) is 19.9. The number of rotatable bonds is 9. The Kier molecular flexibility index (Phi) is 9.24. The van der Waals surface area contributed by atoms with Gasteiger partial charge in [-0.05, 0) is 51.0 Å². The van der Waals surface area contributed by atoms with Crippen molar-refractivity contribution in [1.82, 2.24) is 10.2 Å². The standard InChI is InChI=1S/C23H29BrN2O2S/c1-5-25-23(28)18(4)26(13-19-7-6-8-21(24)12-19)22(27)15-29-14-20-10-16(2)9-17(3)11-20/h6-12,18H,5,13-15H2,1-4H3,(H,25,28). The van der Waals surface area contributed by atoms with Crippen molar-refractivity contribution in [3.63, 3.8) is 0 Å². The molecule has 2 rings (SSSR count). The van der Waals surface area contributed by atoms with Gasteiger partial charge in [0, 0.05) is 23.3 Å². The fourth-order valence-corrected chi connectivity index (χ4v) is 4.52. The van der Waals surface area contributed by atoms with E-state index < -0.39 is 6.04 Å². The van der Waals surface area contributed by atoms with Crippen molar-refractivity contribution in [2.24, 2.45) is 0 Å². The Hall–Kier alpha value is -1.79. The number of carbonyl (C=O) groups excluding carboxylic acids is 2. The van der Waals surface area contributed by atoms with E-state index in [1.807, 2.05) is 31.2 Å². The highest BCUT2D eigenvalue weighted by Gasteiger charge is 2.25. The topological polar surface area (TPSA) is 49.4 Å². The number of amides is 2. The number of hydrogen-bond donors (Lipinski definition) is 1. The van der Waals surface area contributed by atoms with E-state index >= 15 is 0 Å². The van der Waals surface area contributed by atoms with Crippen molar-refractivity contribution in [2.75, 3.05) is 12.3 Å². The third kappa shape index (κ3) is 7.52. The molecule has 0 aromatic heterocycles. The minimum absolute atomic E-state index is 0.0295. The Morgan fingerprint density at radius 3 is 2.41 bits per heavy atom. The second-order valence-corrected chi connectivity index (χ2v) is 9.11. The third-order valence-electron chi connectivity index (χ3n) is 4.54. The van der Waals surface area contributed by atoms with Gasteiger partial charge in [-0.2, -0.15) is 0 Å².